The quantitative estimate of drug-likeness (QED) is 0.520. The van der Waals surface area contributed by atoms with Gasteiger partial charge in [-0.2, -0.15) is 0 Å². The first-order valence-corrected chi connectivity index (χ1v) is 9.60. The molecular weight excluding hydrogens is 364 g/mol. The van der Waals surface area contributed by atoms with Gasteiger partial charge in [-0.15, -0.1) is 11.3 Å². The summed E-state index contributed by atoms with van der Waals surface area (Å²) in [4.78, 5) is 11.1. The van der Waals surface area contributed by atoms with Crippen molar-refractivity contribution < 1.29 is 17.8 Å². The van der Waals surface area contributed by atoms with E-state index in [1.807, 2.05) is 17.5 Å². The number of nitrogens with zero attached hydrogens (tertiary/aromatic N) is 1. The predicted octanol–water partition coefficient (Wildman–Crippen LogP) is 3.70. The first-order valence-electron chi connectivity index (χ1n) is 7.24. The molecule has 0 bridgehead atoms. The number of non-ortho nitro benzene ring substituents is 1. The Morgan fingerprint density at radius 3 is 2.72 bits per heavy atom. The van der Waals surface area contributed by atoms with Crippen LogP contribution < -0.4 is 4.72 Å². The van der Waals surface area contributed by atoms with E-state index < -0.39 is 14.9 Å². The minimum absolute atomic E-state index is 0.0458. The van der Waals surface area contributed by atoms with Gasteiger partial charge in [-0.3, -0.25) is 10.1 Å². The third-order valence-corrected chi connectivity index (χ3v) is 5.96. The number of benzene rings is 1. The number of thiophene rings is 1. The van der Waals surface area contributed by atoms with Crippen molar-refractivity contribution in [2.45, 2.75) is 18.4 Å². The highest BCUT2D eigenvalue weighted by Gasteiger charge is 2.21. The fourth-order valence-corrected chi connectivity index (χ4v) is 4.20. The van der Waals surface area contributed by atoms with Crippen LogP contribution in [0.15, 0.2) is 57.2 Å². The van der Waals surface area contributed by atoms with Gasteiger partial charge in [0.15, 0.2) is 0 Å². The molecular formula is C16H14N2O5S2. The summed E-state index contributed by atoms with van der Waals surface area (Å²) >= 11 is 1.52. The summed E-state index contributed by atoms with van der Waals surface area (Å²) < 4.78 is 33.0. The van der Waals surface area contributed by atoms with Crippen molar-refractivity contribution >= 4 is 27.0 Å². The Bertz CT molecular complexity index is 1010. The van der Waals surface area contributed by atoms with E-state index in [9.17, 15) is 18.5 Å². The number of hydrogen-bond donors (Lipinski definition) is 1. The minimum Gasteiger partial charge on any atom is -0.459 e. The molecule has 0 unspecified atom stereocenters. The molecule has 9 heteroatoms. The molecule has 1 aromatic carbocycles. The number of rotatable bonds is 6. The molecule has 3 rings (SSSR count). The van der Waals surface area contributed by atoms with Gasteiger partial charge in [0.25, 0.3) is 5.69 Å². The van der Waals surface area contributed by atoms with Gasteiger partial charge in [0.05, 0.1) is 21.2 Å². The van der Waals surface area contributed by atoms with Gasteiger partial charge in [-0.25, -0.2) is 13.1 Å². The molecule has 0 aliphatic rings. The summed E-state index contributed by atoms with van der Waals surface area (Å²) in [5.74, 6) is 1.12. The van der Waals surface area contributed by atoms with E-state index in [-0.39, 0.29) is 17.1 Å². The number of nitro benzene ring substituents is 1. The molecule has 1 N–H and O–H groups in total. The van der Waals surface area contributed by atoms with Crippen molar-refractivity contribution in [3.63, 3.8) is 0 Å². The Morgan fingerprint density at radius 2 is 2.04 bits per heavy atom. The fourth-order valence-electron chi connectivity index (χ4n) is 2.26. The van der Waals surface area contributed by atoms with Gasteiger partial charge in [-0.1, -0.05) is 12.1 Å². The maximum atomic E-state index is 12.5. The molecule has 130 valence electrons. The van der Waals surface area contributed by atoms with E-state index in [0.29, 0.717) is 17.1 Å². The van der Waals surface area contributed by atoms with Crippen molar-refractivity contribution in [1.82, 2.24) is 4.72 Å². The van der Waals surface area contributed by atoms with Crippen LogP contribution in [0.2, 0.25) is 0 Å². The number of aryl methyl sites for hydroxylation is 1. The Morgan fingerprint density at radius 1 is 1.24 bits per heavy atom. The molecule has 0 aliphatic heterocycles. The molecule has 0 spiro atoms. The smallest absolute Gasteiger partial charge is 0.270 e. The van der Waals surface area contributed by atoms with Crippen LogP contribution in [-0.2, 0) is 16.6 Å². The van der Waals surface area contributed by atoms with Gasteiger partial charge >= 0.3 is 0 Å². The second-order valence-corrected chi connectivity index (χ2v) is 7.96. The number of furan rings is 1. The molecule has 7 nitrogen and oxygen atoms in total. The Kier molecular flexibility index (Phi) is 4.71. The van der Waals surface area contributed by atoms with Crippen molar-refractivity contribution in [2.24, 2.45) is 0 Å². The zero-order valence-electron chi connectivity index (χ0n) is 13.1. The van der Waals surface area contributed by atoms with E-state index >= 15 is 0 Å². The lowest BCUT2D eigenvalue weighted by atomic mass is 10.2. The summed E-state index contributed by atoms with van der Waals surface area (Å²) in [6.45, 7) is 1.54. The minimum atomic E-state index is -3.90. The van der Waals surface area contributed by atoms with Crippen LogP contribution in [0.3, 0.4) is 0 Å². The second kappa shape index (κ2) is 6.79. The topological polar surface area (TPSA) is 102 Å². The molecule has 0 saturated carbocycles. The molecule has 0 fully saturated rings. The number of nitrogens with one attached hydrogen (secondary N) is 1. The van der Waals surface area contributed by atoms with Gasteiger partial charge < -0.3 is 4.42 Å². The van der Waals surface area contributed by atoms with E-state index in [0.717, 1.165) is 10.9 Å². The lowest BCUT2D eigenvalue weighted by Gasteiger charge is -2.08. The highest BCUT2D eigenvalue weighted by atomic mass is 32.2. The average molecular weight is 378 g/mol. The van der Waals surface area contributed by atoms with E-state index in [2.05, 4.69) is 4.72 Å². The maximum Gasteiger partial charge on any atom is 0.270 e. The summed E-state index contributed by atoms with van der Waals surface area (Å²) in [6.07, 6.45) is 0. The number of sulfonamides is 1. The molecule has 0 aliphatic carbocycles. The Hall–Kier alpha value is -2.49. The van der Waals surface area contributed by atoms with Gasteiger partial charge in [0.2, 0.25) is 10.0 Å². The lowest BCUT2D eigenvalue weighted by molar-refractivity contribution is -0.385. The van der Waals surface area contributed by atoms with Gasteiger partial charge in [0.1, 0.15) is 11.5 Å². The molecule has 0 atom stereocenters. The third-order valence-electron chi connectivity index (χ3n) is 3.53. The van der Waals surface area contributed by atoms with E-state index in [4.69, 9.17) is 4.42 Å². The largest absolute Gasteiger partial charge is 0.459 e. The molecule has 2 heterocycles. The predicted molar refractivity (Wildman–Crippen MR) is 93.9 cm³/mol. The normalized spacial score (nSPS) is 11.6. The Balaban J connectivity index is 1.78. The summed E-state index contributed by atoms with van der Waals surface area (Å²) in [5.41, 5.74) is 0.153. The van der Waals surface area contributed by atoms with Crippen LogP contribution in [0.1, 0.15) is 11.3 Å². The van der Waals surface area contributed by atoms with Crippen LogP contribution >= 0.6 is 11.3 Å². The highest BCUT2D eigenvalue weighted by Crippen LogP contribution is 2.27. The van der Waals surface area contributed by atoms with E-state index in [1.54, 1.807) is 19.1 Å². The van der Waals surface area contributed by atoms with Crippen LogP contribution in [0, 0.1) is 17.0 Å². The van der Waals surface area contributed by atoms with Gasteiger partial charge in [-0.05, 0) is 36.1 Å². The van der Waals surface area contributed by atoms with Crippen LogP contribution in [-0.4, -0.2) is 13.3 Å². The summed E-state index contributed by atoms with van der Waals surface area (Å²) in [7, 11) is -3.90. The molecule has 25 heavy (non-hydrogen) atoms. The van der Waals surface area contributed by atoms with Crippen molar-refractivity contribution in [3.8, 4) is 10.6 Å². The second-order valence-electron chi connectivity index (χ2n) is 5.27. The van der Waals surface area contributed by atoms with Crippen molar-refractivity contribution in [3.05, 3.63) is 69.3 Å². The Labute approximate surface area is 148 Å². The first-order chi connectivity index (χ1) is 11.9. The molecule has 0 saturated heterocycles. The van der Waals surface area contributed by atoms with Crippen LogP contribution in [0.25, 0.3) is 10.6 Å². The number of hydrogen-bond acceptors (Lipinski definition) is 6. The zero-order valence-corrected chi connectivity index (χ0v) is 14.8. The fraction of sp³-hybridized carbons (Fsp3) is 0.125. The standard InChI is InChI=1S/C16H14N2O5S2/c1-11-4-5-12(18(19)20)9-16(11)25(21,22)17-10-13-6-7-14(23-13)15-3-2-8-24-15/h2-9,17H,10H2,1H3. The lowest BCUT2D eigenvalue weighted by Crippen LogP contribution is -2.23. The molecule has 0 amide bonds. The first kappa shape index (κ1) is 17.3. The third kappa shape index (κ3) is 3.78. The van der Waals surface area contributed by atoms with Gasteiger partial charge in [0, 0.05) is 12.1 Å². The van der Waals surface area contributed by atoms with Crippen LogP contribution in [0.4, 0.5) is 5.69 Å². The molecule has 2 aromatic heterocycles. The van der Waals surface area contributed by atoms with Crippen molar-refractivity contribution in [2.75, 3.05) is 0 Å². The summed E-state index contributed by atoms with van der Waals surface area (Å²) in [6, 6.07) is 11.0. The average Bonchev–Trinajstić information content (AvgIpc) is 3.24. The monoisotopic (exact) mass is 378 g/mol. The number of nitro groups is 1. The van der Waals surface area contributed by atoms with Crippen LogP contribution in [0.5, 0.6) is 0 Å². The molecule has 3 aromatic rings. The maximum absolute atomic E-state index is 12.5. The summed E-state index contributed by atoms with van der Waals surface area (Å²) in [5, 5.41) is 12.8. The highest BCUT2D eigenvalue weighted by molar-refractivity contribution is 7.89. The molecule has 0 radical (unpaired) electrons. The SMILES string of the molecule is Cc1ccc([N+](=O)[O-])cc1S(=O)(=O)NCc1ccc(-c2cccs2)o1. The van der Waals surface area contributed by atoms with E-state index in [1.165, 1.54) is 23.5 Å². The van der Waals surface area contributed by atoms with Crippen molar-refractivity contribution in [1.29, 1.82) is 0 Å². The zero-order chi connectivity index (χ0) is 18.0.